The molecule has 42 heavy (non-hydrogen) atoms. The Kier molecular flexibility index (Phi) is 8.30. The first kappa shape index (κ1) is 30.0. The van der Waals surface area contributed by atoms with Gasteiger partial charge in [0.15, 0.2) is 23.5 Å². The number of carbonyl (C=O) groups is 1. The van der Waals surface area contributed by atoms with Crippen LogP contribution < -0.4 is 0 Å². The lowest BCUT2D eigenvalue weighted by Crippen LogP contribution is -2.59. The molecule has 9 atom stereocenters. The van der Waals surface area contributed by atoms with Gasteiger partial charge in [-0.1, -0.05) is 6.07 Å². The summed E-state index contributed by atoms with van der Waals surface area (Å²) in [6, 6.07) is 5.94. The molecule has 1 aliphatic carbocycles. The van der Waals surface area contributed by atoms with E-state index >= 15 is 0 Å². The van der Waals surface area contributed by atoms with Crippen LogP contribution in [-0.2, 0) is 25.4 Å². The van der Waals surface area contributed by atoms with Crippen molar-refractivity contribution in [3.8, 4) is 23.0 Å². The maximum Gasteiger partial charge on any atom is 0.232 e. The molecule has 2 aliphatic heterocycles. The number of phenols is 4. The number of Topliss-reactive ketones (excluding diaryl/α,β-unsaturated/α-hetero) is 1. The fourth-order valence-corrected chi connectivity index (χ4v) is 5.12. The van der Waals surface area contributed by atoms with Crippen LogP contribution in [0.15, 0.2) is 36.1 Å². The summed E-state index contributed by atoms with van der Waals surface area (Å²) in [5.74, 6) is -3.06. The average Bonchev–Trinajstić information content (AvgIpc) is 3.21. The van der Waals surface area contributed by atoms with Gasteiger partial charge in [-0.15, -0.1) is 0 Å². The van der Waals surface area contributed by atoms with E-state index in [2.05, 4.69) is 0 Å². The molecule has 5 rings (SSSR count). The maximum atomic E-state index is 13.6. The summed E-state index contributed by atoms with van der Waals surface area (Å²) in [6.45, 7) is -1.22. The van der Waals surface area contributed by atoms with Gasteiger partial charge in [0.1, 0.15) is 54.2 Å². The molecule has 0 spiro atoms. The van der Waals surface area contributed by atoms with Crippen LogP contribution >= 0.6 is 0 Å². The Morgan fingerprint density at radius 1 is 0.762 bits per heavy atom. The van der Waals surface area contributed by atoms with Gasteiger partial charge in [-0.05, 0) is 29.3 Å². The first-order chi connectivity index (χ1) is 19.9. The molecule has 2 saturated heterocycles. The van der Waals surface area contributed by atoms with E-state index in [1.165, 1.54) is 18.2 Å². The molecule has 0 radical (unpaired) electrons. The zero-order valence-electron chi connectivity index (χ0n) is 21.7. The zero-order chi connectivity index (χ0) is 30.5. The Morgan fingerprint density at radius 3 is 2.12 bits per heavy atom. The van der Waals surface area contributed by atoms with Crippen molar-refractivity contribution in [2.75, 3.05) is 13.2 Å². The molecule has 10 N–H and O–H groups in total. The molecule has 228 valence electrons. The lowest BCUT2D eigenvalue weighted by Gasteiger charge is -2.39. The van der Waals surface area contributed by atoms with Gasteiger partial charge in [-0.2, -0.15) is 0 Å². The van der Waals surface area contributed by atoms with Gasteiger partial charge in [0.05, 0.1) is 18.8 Å². The molecule has 2 heterocycles. The van der Waals surface area contributed by atoms with Crippen molar-refractivity contribution in [1.29, 1.82) is 0 Å². The topological polar surface area (TPSA) is 256 Å². The largest absolute Gasteiger partial charge is 0.508 e. The number of phenolic OH excluding ortho intramolecular Hbond substituents is 4. The summed E-state index contributed by atoms with van der Waals surface area (Å²) in [5.41, 5.74) is 0.396. The SMILES string of the molecule is O=C1C(O[C@H]2OC(CO[C@H]3O[C@H](CO)[C@@H](O)[C@H](O)[C@H]3O)[C@@H](O)[C@@H]2O)=C(c2ccc(O)c(O)c2)Cc2cc(O)cc(O)c21. The van der Waals surface area contributed by atoms with Crippen molar-refractivity contribution in [1.82, 2.24) is 0 Å². The highest BCUT2D eigenvalue weighted by atomic mass is 16.7. The molecule has 2 aromatic rings. The standard InChI is InChI=1S/C27H30O15/c28-7-16-19(33)22(36)24(38)26(40-16)39-8-17-20(34)23(37)27(41-17)42-25-12(9-1-2-13(30)14(31)5-9)4-10-3-11(29)6-15(32)18(10)21(25)35/h1-3,5-6,16-17,19-20,22-24,26-34,36-38H,4,7-8H2/t16-,17?,19-,20-,22+,23+,24-,26+,27-/m1/s1. The van der Waals surface area contributed by atoms with E-state index in [1.807, 2.05) is 0 Å². The maximum absolute atomic E-state index is 13.6. The van der Waals surface area contributed by atoms with Crippen LogP contribution in [0, 0.1) is 0 Å². The van der Waals surface area contributed by atoms with Crippen LogP contribution in [0.1, 0.15) is 21.5 Å². The summed E-state index contributed by atoms with van der Waals surface area (Å²) < 4.78 is 22.0. The number of aromatic hydroxyl groups is 4. The number of rotatable bonds is 7. The Morgan fingerprint density at radius 2 is 1.43 bits per heavy atom. The molecule has 0 bridgehead atoms. The van der Waals surface area contributed by atoms with E-state index in [1.54, 1.807) is 0 Å². The lowest BCUT2D eigenvalue weighted by molar-refractivity contribution is -0.306. The summed E-state index contributed by atoms with van der Waals surface area (Å²) in [4.78, 5) is 13.6. The molecular weight excluding hydrogens is 564 g/mol. The van der Waals surface area contributed by atoms with Crippen LogP contribution in [0.5, 0.6) is 23.0 Å². The fourth-order valence-electron chi connectivity index (χ4n) is 5.12. The van der Waals surface area contributed by atoms with E-state index < -0.39 is 97.3 Å². The van der Waals surface area contributed by atoms with Crippen LogP contribution in [0.3, 0.4) is 0 Å². The number of fused-ring (bicyclic) bond motifs is 1. The van der Waals surface area contributed by atoms with Gasteiger partial charge in [0.25, 0.3) is 0 Å². The number of ketones is 1. The fraction of sp³-hybridized carbons (Fsp3) is 0.444. The highest BCUT2D eigenvalue weighted by Gasteiger charge is 2.48. The number of carbonyl (C=O) groups excluding carboxylic acids is 1. The molecule has 3 aliphatic rings. The summed E-state index contributed by atoms with van der Waals surface area (Å²) in [5, 5.41) is 101. The predicted octanol–water partition coefficient (Wildman–Crippen LogP) is -2.06. The second-order valence-corrected chi connectivity index (χ2v) is 10.2. The van der Waals surface area contributed by atoms with Crippen LogP contribution in [0.25, 0.3) is 5.57 Å². The van der Waals surface area contributed by atoms with Crippen molar-refractivity contribution < 1.29 is 74.8 Å². The predicted molar refractivity (Wildman–Crippen MR) is 136 cm³/mol. The zero-order valence-corrected chi connectivity index (χ0v) is 21.7. The van der Waals surface area contributed by atoms with Crippen molar-refractivity contribution in [2.24, 2.45) is 0 Å². The highest BCUT2D eigenvalue weighted by Crippen LogP contribution is 2.41. The van der Waals surface area contributed by atoms with Gasteiger partial charge >= 0.3 is 0 Å². The van der Waals surface area contributed by atoms with Gasteiger partial charge < -0.3 is 70.0 Å². The van der Waals surface area contributed by atoms with Gasteiger partial charge in [0, 0.05) is 18.1 Å². The molecule has 0 saturated carbocycles. The van der Waals surface area contributed by atoms with E-state index in [-0.39, 0.29) is 34.4 Å². The Bertz CT molecular complexity index is 1370. The molecule has 2 fully saturated rings. The number of allylic oxidation sites excluding steroid dienone is 2. The van der Waals surface area contributed by atoms with E-state index in [4.69, 9.17) is 18.9 Å². The average molecular weight is 595 g/mol. The normalized spacial score (nSPS) is 33.1. The molecule has 1 unspecified atom stereocenters. The quantitative estimate of drug-likeness (QED) is 0.155. The number of ether oxygens (including phenoxy) is 4. The monoisotopic (exact) mass is 594 g/mol. The molecule has 15 nitrogen and oxygen atoms in total. The summed E-state index contributed by atoms with van der Waals surface area (Å²) >= 11 is 0. The minimum Gasteiger partial charge on any atom is -0.508 e. The second-order valence-electron chi connectivity index (χ2n) is 10.2. The van der Waals surface area contributed by atoms with Gasteiger partial charge in [0.2, 0.25) is 12.1 Å². The van der Waals surface area contributed by atoms with E-state index in [9.17, 15) is 55.9 Å². The first-order valence-electron chi connectivity index (χ1n) is 12.9. The summed E-state index contributed by atoms with van der Waals surface area (Å²) in [7, 11) is 0. The minimum absolute atomic E-state index is 0.0996. The Labute approximate surface area is 237 Å². The Hall–Kier alpha value is -3.51. The third-order valence-corrected chi connectivity index (χ3v) is 7.41. The van der Waals surface area contributed by atoms with Gasteiger partial charge in [-0.25, -0.2) is 0 Å². The molecule has 0 aromatic heterocycles. The smallest absolute Gasteiger partial charge is 0.232 e. The second kappa shape index (κ2) is 11.6. The molecule has 0 amide bonds. The van der Waals surface area contributed by atoms with Crippen molar-refractivity contribution in [3.05, 3.63) is 52.8 Å². The number of hydrogen-bond donors (Lipinski definition) is 10. The highest BCUT2D eigenvalue weighted by molar-refractivity contribution is 6.16. The third kappa shape index (κ3) is 5.37. The number of benzene rings is 2. The van der Waals surface area contributed by atoms with Crippen molar-refractivity contribution in [3.63, 3.8) is 0 Å². The number of aliphatic hydroxyl groups excluding tert-OH is 6. The van der Waals surface area contributed by atoms with E-state index in [0.717, 1.165) is 12.1 Å². The lowest BCUT2D eigenvalue weighted by atomic mass is 9.85. The van der Waals surface area contributed by atoms with Crippen LogP contribution in [0.2, 0.25) is 0 Å². The first-order valence-corrected chi connectivity index (χ1v) is 12.9. The number of hydrogen-bond acceptors (Lipinski definition) is 15. The van der Waals surface area contributed by atoms with Crippen LogP contribution in [-0.4, -0.2) is 125 Å². The van der Waals surface area contributed by atoms with Crippen LogP contribution in [0.4, 0.5) is 0 Å². The van der Waals surface area contributed by atoms with E-state index in [0.29, 0.717) is 0 Å². The number of aliphatic hydroxyl groups is 6. The summed E-state index contributed by atoms with van der Waals surface area (Å²) in [6.07, 6.45) is -14.3. The van der Waals surface area contributed by atoms with Crippen molar-refractivity contribution in [2.45, 2.75) is 61.7 Å². The molecule has 2 aromatic carbocycles. The molecular formula is C27H30O15. The Balaban J connectivity index is 1.39. The minimum atomic E-state index is -1.74. The van der Waals surface area contributed by atoms with Crippen molar-refractivity contribution >= 4 is 11.4 Å². The molecule has 15 heteroatoms. The van der Waals surface area contributed by atoms with Gasteiger partial charge in [-0.3, -0.25) is 4.79 Å². The third-order valence-electron chi connectivity index (χ3n) is 7.41.